The molecule has 47 heavy (non-hydrogen) atoms. The van der Waals surface area contributed by atoms with E-state index in [0.29, 0.717) is 37.1 Å². The molecule has 0 radical (unpaired) electrons. The van der Waals surface area contributed by atoms with Crippen LogP contribution in [0.4, 0.5) is 4.79 Å². The average molecular weight is 693 g/mol. The van der Waals surface area contributed by atoms with Gasteiger partial charge in [0.05, 0.1) is 22.2 Å². The summed E-state index contributed by atoms with van der Waals surface area (Å²) in [6.45, 7) is 3.86. The van der Waals surface area contributed by atoms with Crippen LogP contribution in [0.2, 0.25) is 0 Å². The fraction of sp³-hybridized carbons (Fsp3) is 0.414. The number of carboxylic acids is 1. The Labute approximate surface area is 272 Å². The second-order valence-corrected chi connectivity index (χ2v) is 13.9. The van der Waals surface area contributed by atoms with Crippen LogP contribution in [0.5, 0.6) is 0 Å². The van der Waals surface area contributed by atoms with Gasteiger partial charge in [-0.25, -0.2) is 14.4 Å². The van der Waals surface area contributed by atoms with Crippen LogP contribution in [0, 0.1) is 13.8 Å². The van der Waals surface area contributed by atoms with Crippen molar-refractivity contribution in [2.45, 2.75) is 55.5 Å². The molecule has 3 saturated heterocycles. The lowest BCUT2D eigenvalue weighted by Crippen LogP contribution is -2.60. The molecule has 0 unspecified atom stereocenters. The zero-order valence-electron chi connectivity index (χ0n) is 25.3. The number of ether oxygens (including phenoxy) is 1. The number of carbonyl (C=O) groups is 4. The van der Waals surface area contributed by atoms with Gasteiger partial charge < -0.3 is 34.6 Å². The first kappa shape index (κ1) is 34.0. The van der Waals surface area contributed by atoms with E-state index in [2.05, 4.69) is 0 Å². The van der Waals surface area contributed by atoms with Crippen LogP contribution in [-0.4, -0.2) is 93.5 Å². The van der Waals surface area contributed by atoms with Crippen LogP contribution in [0.3, 0.4) is 0 Å². The minimum Gasteiger partial charge on any atom is -0.477 e. The molecule has 2 aromatic rings. The number of aryl methyl sites for hydroxylation is 2. The Morgan fingerprint density at radius 2 is 1.89 bits per heavy atom. The second-order valence-electron chi connectivity index (χ2n) is 11.4. The third-order valence-corrected chi connectivity index (χ3v) is 10.7. The molecular weight excluding hydrogens is 660 g/mol. The highest BCUT2D eigenvalue weighted by Crippen LogP contribution is 2.50. The highest BCUT2D eigenvalue weighted by Gasteiger charge is 2.55. The third kappa shape index (κ3) is 6.20. The molecule has 0 spiro atoms. The van der Waals surface area contributed by atoms with Crippen LogP contribution >= 0.6 is 11.8 Å². The van der Waals surface area contributed by atoms with Crippen LogP contribution in [0.15, 0.2) is 59.6 Å². The Morgan fingerprint density at radius 3 is 2.55 bits per heavy atom. The molecule has 0 aliphatic carbocycles. The Bertz CT molecular complexity index is 1900. The quantitative estimate of drug-likeness (QED) is 0.214. The maximum absolute atomic E-state index is 13.4. The van der Waals surface area contributed by atoms with Gasteiger partial charge in [0.15, 0.2) is 18.1 Å². The molecule has 5 heterocycles. The Balaban J connectivity index is 0.00000433. The summed E-state index contributed by atoms with van der Waals surface area (Å²) in [5, 5.41) is 9.40. The molecule has 252 valence electrons. The molecule has 1 aromatic carbocycles. The van der Waals surface area contributed by atoms with Gasteiger partial charge in [-0.2, -0.15) is 8.42 Å². The lowest BCUT2D eigenvalue weighted by atomic mass is 9.87. The number of amides is 3. The van der Waals surface area contributed by atoms with E-state index in [1.807, 2.05) is 0 Å². The van der Waals surface area contributed by atoms with E-state index in [-0.39, 0.29) is 65.4 Å². The van der Waals surface area contributed by atoms with Crippen LogP contribution in [-0.2, 0) is 35.8 Å². The largest absolute Gasteiger partial charge is 0.519 e. The molecule has 3 atom stereocenters. The van der Waals surface area contributed by atoms with E-state index >= 15 is 0 Å². The van der Waals surface area contributed by atoms with Crippen LogP contribution in [0.25, 0.3) is 0 Å². The monoisotopic (exact) mass is 692 g/mol. The number of thioether (sulfide) groups is 1. The number of allylic oxidation sites excluding steroid dienone is 1. The standard InChI is InChI=1S/C29H29N3O12S2.H3N/c1-14-3-4-21(46(39,40)41)19(9-14)22-25(34)32-23(27(35)36)17(13-45-26(22)32)10-16-5-8-31(24(16)33)18-6-7-30(11-18)28(37)42-12-20-15(2)43-29(38)44-20;/h3-4,9-10,18,22,26H,5-8,11-13H2,1-2H3,(H,35,36)(H,39,40,41);1H3/b16-10+;/t18-,22-,26-;/m1./s1. The third-order valence-electron chi connectivity index (χ3n) is 8.51. The van der Waals surface area contributed by atoms with Crippen molar-refractivity contribution in [1.82, 2.24) is 20.9 Å². The molecular formula is C29H32N4O12S2. The van der Waals surface area contributed by atoms with Gasteiger partial charge in [-0.05, 0) is 50.0 Å². The predicted octanol–water partition coefficient (Wildman–Crippen LogP) is 2.17. The molecule has 18 heteroatoms. The van der Waals surface area contributed by atoms with Crippen molar-refractivity contribution in [1.29, 1.82) is 0 Å². The number of β-lactam (4-membered cyclic amide) rings is 1. The predicted molar refractivity (Wildman–Crippen MR) is 163 cm³/mol. The SMILES string of the molecule is Cc1ccc(S(=O)(=O)O)c([C@@H]2C(=O)N3C(C(=O)O)=C(/C=C4\CCN([C@@H]5CCN(C(=O)OCc6oc(=O)oc6C)C5)C4=O)CS[C@H]23)c1.N. The number of hydrogen-bond donors (Lipinski definition) is 3. The van der Waals surface area contributed by atoms with E-state index in [9.17, 15) is 42.0 Å². The van der Waals surface area contributed by atoms with Crippen molar-refractivity contribution in [3.05, 3.63) is 74.4 Å². The summed E-state index contributed by atoms with van der Waals surface area (Å²) in [5.41, 5.74) is 1.15. The average Bonchev–Trinajstić information content (AvgIpc) is 3.69. The molecule has 0 saturated carbocycles. The van der Waals surface area contributed by atoms with E-state index in [4.69, 9.17) is 13.6 Å². The Hall–Kier alpha value is -4.39. The molecule has 1 aromatic heterocycles. The second kappa shape index (κ2) is 12.7. The minimum absolute atomic E-state index is 0. The lowest BCUT2D eigenvalue weighted by molar-refractivity contribution is -0.148. The van der Waals surface area contributed by atoms with Crippen molar-refractivity contribution in [3.8, 4) is 0 Å². The lowest BCUT2D eigenvalue weighted by Gasteiger charge is -2.49. The normalized spacial score (nSPS) is 23.6. The molecule has 3 amide bonds. The van der Waals surface area contributed by atoms with Gasteiger partial charge >= 0.3 is 17.9 Å². The summed E-state index contributed by atoms with van der Waals surface area (Å²) >= 11 is 1.24. The van der Waals surface area contributed by atoms with Gasteiger partial charge in [0.1, 0.15) is 5.70 Å². The fourth-order valence-corrected chi connectivity index (χ4v) is 8.37. The highest BCUT2D eigenvalue weighted by atomic mass is 32.2. The molecule has 16 nitrogen and oxygen atoms in total. The van der Waals surface area contributed by atoms with Gasteiger partial charge in [0.25, 0.3) is 10.1 Å². The minimum atomic E-state index is -4.64. The number of hydrogen-bond acceptors (Lipinski definition) is 12. The zero-order chi connectivity index (χ0) is 33.1. The van der Waals surface area contributed by atoms with E-state index < -0.39 is 50.1 Å². The molecule has 3 fully saturated rings. The number of aliphatic carboxylic acids is 1. The van der Waals surface area contributed by atoms with Crippen LogP contribution < -0.4 is 12.0 Å². The maximum Gasteiger partial charge on any atom is 0.519 e. The number of likely N-dealkylation sites (tertiary alicyclic amines) is 2. The number of benzene rings is 1. The fourth-order valence-electron chi connectivity index (χ4n) is 6.27. The summed E-state index contributed by atoms with van der Waals surface area (Å²) in [7, 11) is -4.64. The summed E-state index contributed by atoms with van der Waals surface area (Å²) < 4.78 is 48.6. The van der Waals surface area contributed by atoms with Crippen molar-refractivity contribution in [2.75, 3.05) is 25.4 Å². The van der Waals surface area contributed by atoms with Crippen LogP contribution in [0.1, 0.15) is 41.4 Å². The zero-order valence-corrected chi connectivity index (χ0v) is 27.0. The van der Waals surface area contributed by atoms with Crippen molar-refractivity contribution in [3.63, 3.8) is 0 Å². The Kier molecular flexibility index (Phi) is 9.15. The molecule has 4 aliphatic heterocycles. The van der Waals surface area contributed by atoms with E-state index in [1.165, 1.54) is 47.9 Å². The van der Waals surface area contributed by atoms with E-state index in [0.717, 1.165) is 4.90 Å². The van der Waals surface area contributed by atoms with Gasteiger partial charge in [-0.15, -0.1) is 11.8 Å². The first-order valence-electron chi connectivity index (χ1n) is 14.3. The van der Waals surface area contributed by atoms with E-state index in [1.54, 1.807) is 11.8 Å². The van der Waals surface area contributed by atoms with Gasteiger partial charge in [0, 0.05) is 31.0 Å². The molecule has 5 N–H and O–H groups in total. The highest BCUT2D eigenvalue weighted by molar-refractivity contribution is 8.00. The summed E-state index contributed by atoms with van der Waals surface area (Å²) in [4.78, 5) is 66.8. The number of fused-ring (bicyclic) bond motifs is 1. The maximum atomic E-state index is 13.4. The van der Waals surface area contributed by atoms with Gasteiger partial charge in [0.2, 0.25) is 11.8 Å². The Morgan fingerprint density at radius 1 is 1.15 bits per heavy atom. The smallest absolute Gasteiger partial charge is 0.477 e. The molecule has 0 bridgehead atoms. The molecule has 6 rings (SSSR count). The summed E-state index contributed by atoms with van der Waals surface area (Å²) in [6, 6.07) is 3.93. The molecule has 4 aliphatic rings. The number of carbonyl (C=O) groups excluding carboxylic acids is 3. The number of rotatable bonds is 7. The summed E-state index contributed by atoms with van der Waals surface area (Å²) in [6.07, 6.45) is 1.71. The summed E-state index contributed by atoms with van der Waals surface area (Å²) in [5.74, 6) is -3.69. The number of carboxylic acid groups (broad SMARTS) is 1. The topological polar surface area (TPSA) is 240 Å². The first-order valence-corrected chi connectivity index (χ1v) is 16.7. The van der Waals surface area contributed by atoms with Gasteiger partial charge in [-0.1, -0.05) is 17.7 Å². The van der Waals surface area contributed by atoms with Gasteiger partial charge in [-0.3, -0.25) is 19.0 Å². The van der Waals surface area contributed by atoms with Crippen molar-refractivity contribution >= 4 is 45.8 Å². The first-order chi connectivity index (χ1) is 21.7. The van der Waals surface area contributed by atoms with Crippen molar-refractivity contribution in [2.24, 2.45) is 0 Å². The van der Waals surface area contributed by atoms with Crippen molar-refractivity contribution < 1.29 is 50.8 Å². The number of nitrogens with zero attached hydrogens (tertiary/aromatic N) is 3.